The summed E-state index contributed by atoms with van der Waals surface area (Å²) in [6.45, 7) is 6.43. The van der Waals surface area contributed by atoms with Crippen LogP contribution in [0.15, 0.2) is 54.9 Å². The van der Waals surface area contributed by atoms with Crippen molar-refractivity contribution < 1.29 is 9.18 Å². The number of likely N-dealkylation sites (tertiary alicyclic amines) is 1. The van der Waals surface area contributed by atoms with Crippen molar-refractivity contribution in [2.45, 2.75) is 26.3 Å². The molecule has 2 aliphatic heterocycles. The Balaban J connectivity index is 1.24. The zero-order valence-electron chi connectivity index (χ0n) is 19.6. The molecule has 0 unspecified atom stereocenters. The van der Waals surface area contributed by atoms with Crippen LogP contribution < -0.4 is 4.90 Å². The van der Waals surface area contributed by atoms with E-state index < -0.39 is 0 Å². The summed E-state index contributed by atoms with van der Waals surface area (Å²) in [6, 6.07) is 12.5. The van der Waals surface area contributed by atoms with Crippen molar-refractivity contribution >= 4 is 22.4 Å². The Labute approximate surface area is 206 Å². The van der Waals surface area contributed by atoms with Gasteiger partial charge in [0.2, 0.25) is 0 Å². The van der Waals surface area contributed by atoms with Crippen LogP contribution >= 0.6 is 11.3 Å². The number of piperidine rings is 1. The fourth-order valence-corrected chi connectivity index (χ4v) is 6.08. The van der Waals surface area contributed by atoms with Gasteiger partial charge in [-0.05, 0) is 44.5 Å². The summed E-state index contributed by atoms with van der Waals surface area (Å²) in [5.74, 6) is 0.247. The van der Waals surface area contributed by atoms with E-state index in [1.807, 2.05) is 43.0 Å². The van der Waals surface area contributed by atoms with Crippen molar-refractivity contribution in [3.05, 3.63) is 76.7 Å². The molecule has 6 rings (SSSR count). The molecule has 35 heavy (non-hydrogen) atoms. The molecule has 0 spiro atoms. The number of thiazole rings is 1. The molecule has 0 aliphatic carbocycles. The SMILES string of the molecule is Cc1ccc(-n2nccn2)c(C(=O)N2C[C@@H]3CCN(c4nc(-c5cccc(F)c5)c(C)s4)C[C@@H]32)c1. The van der Waals surface area contributed by atoms with Crippen LogP contribution in [0.3, 0.4) is 0 Å². The van der Waals surface area contributed by atoms with Crippen LogP contribution in [0.25, 0.3) is 16.9 Å². The number of halogens is 1. The van der Waals surface area contributed by atoms with Gasteiger partial charge in [0.25, 0.3) is 5.91 Å². The molecule has 178 valence electrons. The van der Waals surface area contributed by atoms with Crippen LogP contribution in [-0.2, 0) is 0 Å². The van der Waals surface area contributed by atoms with Crippen LogP contribution in [-0.4, -0.2) is 56.5 Å². The number of anilines is 1. The van der Waals surface area contributed by atoms with Crippen LogP contribution in [0.2, 0.25) is 0 Å². The first-order valence-corrected chi connectivity index (χ1v) is 12.6. The topological polar surface area (TPSA) is 67.2 Å². The lowest BCUT2D eigenvalue weighted by atomic mass is 9.82. The Morgan fingerprint density at radius 2 is 1.91 bits per heavy atom. The van der Waals surface area contributed by atoms with Crippen LogP contribution in [0.4, 0.5) is 9.52 Å². The zero-order valence-corrected chi connectivity index (χ0v) is 20.4. The second kappa shape index (κ2) is 8.57. The summed E-state index contributed by atoms with van der Waals surface area (Å²) in [4.78, 5) is 25.3. The highest BCUT2D eigenvalue weighted by molar-refractivity contribution is 7.16. The average molecular weight is 489 g/mol. The van der Waals surface area contributed by atoms with Crippen molar-refractivity contribution in [1.29, 1.82) is 0 Å². The third-order valence-electron chi connectivity index (χ3n) is 6.98. The third kappa shape index (κ3) is 3.89. The molecule has 0 bridgehead atoms. The summed E-state index contributed by atoms with van der Waals surface area (Å²) in [7, 11) is 0. The minimum absolute atomic E-state index is 0.0138. The number of hydrogen-bond acceptors (Lipinski definition) is 6. The van der Waals surface area contributed by atoms with E-state index in [2.05, 4.69) is 15.1 Å². The predicted octanol–water partition coefficient (Wildman–Crippen LogP) is 4.50. The Bertz CT molecular complexity index is 1400. The Morgan fingerprint density at radius 1 is 1.09 bits per heavy atom. The van der Waals surface area contributed by atoms with Gasteiger partial charge in [0, 0.05) is 36.0 Å². The number of carbonyl (C=O) groups excluding carboxylic acids is 1. The number of nitrogens with zero attached hydrogens (tertiary/aromatic N) is 6. The lowest BCUT2D eigenvalue weighted by Gasteiger charge is -2.53. The predicted molar refractivity (Wildman–Crippen MR) is 133 cm³/mol. The summed E-state index contributed by atoms with van der Waals surface area (Å²) < 4.78 is 13.8. The summed E-state index contributed by atoms with van der Waals surface area (Å²) in [5, 5.41) is 9.39. The van der Waals surface area contributed by atoms with Gasteiger partial charge >= 0.3 is 0 Å². The number of aromatic nitrogens is 4. The first-order valence-electron chi connectivity index (χ1n) is 11.7. The normalized spacial score (nSPS) is 19.4. The van der Waals surface area contributed by atoms with E-state index in [9.17, 15) is 9.18 Å². The number of carbonyl (C=O) groups is 1. The standard InChI is InChI=1S/C26H25FN6OS/c1-16-6-7-22(33-28-9-10-29-33)21(12-16)25(34)32-14-19-8-11-31(15-23(19)32)26-30-24(17(2)35-26)18-4-3-5-20(27)13-18/h3-7,9-10,12-13,19,23H,8,11,14-15H2,1-2H3/t19-,23-/m0/s1. The van der Waals surface area contributed by atoms with E-state index in [4.69, 9.17) is 4.98 Å². The van der Waals surface area contributed by atoms with Crippen molar-refractivity contribution in [2.24, 2.45) is 5.92 Å². The molecule has 2 aromatic carbocycles. The first kappa shape index (κ1) is 21.9. The third-order valence-corrected chi connectivity index (χ3v) is 8.02. The molecule has 0 saturated carbocycles. The quantitative estimate of drug-likeness (QED) is 0.423. The molecule has 2 aromatic heterocycles. The first-order chi connectivity index (χ1) is 17.0. The molecule has 1 amide bonds. The Kier molecular flexibility index (Phi) is 5.36. The average Bonchev–Trinajstić information content (AvgIpc) is 3.50. The van der Waals surface area contributed by atoms with E-state index in [1.165, 1.54) is 16.9 Å². The minimum Gasteiger partial charge on any atom is -0.346 e. The highest BCUT2D eigenvalue weighted by Crippen LogP contribution is 2.39. The van der Waals surface area contributed by atoms with E-state index in [0.717, 1.165) is 52.9 Å². The van der Waals surface area contributed by atoms with Gasteiger partial charge in [0.1, 0.15) is 5.82 Å². The molecule has 2 fully saturated rings. The van der Waals surface area contributed by atoms with E-state index in [-0.39, 0.29) is 17.8 Å². The zero-order chi connectivity index (χ0) is 24.1. The smallest absolute Gasteiger partial charge is 0.256 e. The van der Waals surface area contributed by atoms with Gasteiger partial charge in [-0.3, -0.25) is 4.79 Å². The number of rotatable bonds is 4. The van der Waals surface area contributed by atoms with Gasteiger partial charge in [0.05, 0.1) is 35.4 Å². The second-order valence-electron chi connectivity index (χ2n) is 9.27. The van der Waals surface area contributed by atoms with Gasteiger partial charge in [-0.15, -0.1) is 11.3 Å². The Hall–Kier alpha value is -3.59. The number of fused-ring (bicyclic) bond motifs is 1. The fourth-order valence-electron chi connectivity index (χ4n) is 5.12. The maximum Gasteiger partial charge on any atom is 0.256 e. The molecule has 4 aromatic rings. The van der Waals surface area contributed by atoms with Gasteiger partial charge in [-0.1, -0.05) is 23.8 Å². The molecule has 0 N–H and O–H groups in total. The number of aryl methyl sites for hydroxylation is 2. The number of hydrogen-bond donors (Lipinski definition) is 0. The molecule has 0 radical (unpaired) electrons. The van der Waals surface area contributed by atoms with Crippen molar-refractivity contribution in [1.82, 2.24) is 24.9 Å². The monoisotopic (exact) mass is 488 g/mol. The van der Waals surface area contributed by atoms with Crippen LogP contribution in [0, 0.1) is 25.6 Å². The van der Waals surface area contributed by atoms with E-state index >= 15 is 0 Å². The fraction of sp³-hybridized carbons (Fsp3) is 0.308. The molecule has 7 nitrogen and oxygen atoms in total. The van der Waals surface area contributed by atoms with Crippen molar-refractivity contribution in [3.8, 4) is 16.9 Å². The number of benzene rings is 2. The van der Waals surface area contributed by atoms with Gasteiger partial charge < -0.3 is 9.80 Å². The lowest BCUT2D eigenvalue weighted by Crippen LogP contribution is -2.65. The highest BCUT2D eigenvalue weighted by Gasteiger charge is 2.46. The van der Waals surface area contributed by atoms with Crippen molar-refractivity contribution in [3.63, 3.8) is 0 Å². The van der Waals surface area contributed by atoms with Gasteiger partial charge in [0.15, 0.2) is 5.13 Å². The molecular weight excluding hydrogens is 463 g/mol. The molecular formula is C26H25FN6OS. The summed E-state index contributed by atoms with van der Waals surface area (Å²) in [5.41, 5.74) is 3.95. The molecule has 9 heteroatoms. The van der Waals surface area contributed by atoms with Crippen molar-refractivity contribution in [2.75, 3.05) is 24.5 Å². The highest BCUT2D eigenvalue weighted by atomic mass is 32.1. The minimum atomic E-state index is -0.262. The van der Waals surface area contributed by atoms with Gasteiger partial charge in [-0.25, -0.2) is 9.37 Å². The summed E-state index contributed by atoms with van der Waals surface area (Å²) in [6.07, 6.45) is 4.24. The van der Waals surface area contributed by atoms with Crippen LogP contribution in [0.5, 0.6) is 0 Å². The summed E-state index contributed by atoms with van der Waals surface area (Å²) >= 11 is 1.63. The van der Waals surface area contributed by atoms with E-state index in [0.29, 0.717) is 17.2 Å². The Morgan fingerprint density at radius 3 is 2.71 bits per heavy atom. The van der Waals surface area contributed by atoms with Gasteiger partial charge in [-0.2, -0.15) is 15.0 Å². The lowest BCUT2D eigenvalue weighted by molar-refractivity contribution is 0.00788. The van der Waals surface area contributed by atoms with Crippen LogP contribution in [0.1, 0.15) is 27.2 Å². The maximum absolute atomic E-state index is 13.8. The second-order valence-corrected chi connectivity index (χ2v) is 10.5. The van der Waals surface area contributed by atoms with E-state index in [1.54, 1.807) is 29.8 Å². The molecule has 4 heterocycles. The maximum atomic E-state index is 13.8. The molecule has 2 atom stereocenters. The largest absolute Gasteiger partial charge is 0.346 e. The molecule has 2 saturated heterocycles. The number of amides is 1. The molecule has 2 aliphatic rings.